The average molecular weight is 162 g/mol. The molecule has 0 amide bonds. The summed E-state index contributed by atoms with van der Waals surface area (Å²) in [7, 11) is 0. The van der Waals surface area contributed by atoms with Crippen LogP contribution in [0, 0.1) is 18.8 Å². The van der Waals surface area contributed by atoms with Gasteiger partial charge in [0.1, 0.15) is 0 Å². The van der Waals surface area contributed by atoms with E-state index >= 15 is 0 Å². The monoisotopic (exact) mass is 162 g/mol. The molecule has 0 saturated carbocycles. The number of nitrogens with zero attached hydrogens (tertiary/aromatic N) is 2. The van der Waals surface area contributed by atoms with Crippen LogP contribution in [-0.4, -0.2) is 16.8 Å². The number of hydrogen-bond donors (Lipinski definition) is 0. The molecule has 0 saturated heterocycles. The number of ether oxygens (including phenoxy) is 1. The van der Waals surface area contributed by atoms with E-state index in [9.17, 15) is 0 Å². The molecule has 3 nitrogen and oxygen atoms in total. The van der Waals surface area contributed by atoms with Crippen LogP contribution in [0.2, 0.25) is 0 Å². The minimum Gasteiger partial charge on any atom is -0.463 e. The van der Waals surface area contributed by atoms with Crippen molar-refractivity contribution in [3.05, 3.63) is 17.8 Å². The molecule has 0 N–H and O–H groups in total. The Balaban J connectivity index is 2.51. The van der Waals surface area contributed by atoms with Crippen molar-refractivity contribution < 1.29 is 4.74 Å². The Morgan fingerprint density at radius 2 is 2.25 bits per heavy atom. The third-order valence-electron chi connectivity index (χ3n) is 1.24. The molecule has 0 aliphatic carbocycles. The zero-order chi connectivity index (χ0) is 8.81. The van der Waals surface area contributed by atoms with Gasteiger partial charge in [-0.15, -0.1) is 11.0 Å². The van der Waals surface area contributed by atoms with Crippen molar-refractivity contribution in [2.75, 3.05) is 6.61 Å². The molecule has 0 aliphatic rings. The number of aryl methyl sites for hydroxylation is 1. The molecular weight excluding hydrogens is 152 g/mol. The van der Waals surface area contributed by atoms with E-state index in [1.54, 1.807) is 13.0 Å². The van der Waals surface area contributed by atoms with E-state index < -0.39 is 0 Å². The molecule has 0 atom stereocenters. The van der Waals surface area contributed by atoms with Crippen molar-refractivity contribution in [2.45, 2.75) is 13.8 Å². The van der Waals surface area contributed by atoms with Gasteiger partial charge >= 0.3 is 0 Å². The van der Waals surface area contributed by atoms with Crippen LogP contribution in [0.15, 0.2) is 12.1 Å². The number of aromatic nitrogens is 2. The van der Waals surface area contributed by atoms with Crippen molar-refractivity contribution >= 4 is 0 Å². The highest BCUT2D eigenvalue weighted by Gasteiger charge is 1.92. The third-order valence-corrected chi connectivity index (χ3v) is 1.24. The van der Waals surface area contributed by atoms with Crippen LogP contribution in [0.5, 0.6) is 5.88 Å². The Kier molecular flexibility index (Phi) is 3.09. The fourth-order valence-electron chi connectivity index (χ4n) is 0.646. The molecule has 0 aliphatic heterocycles. The Morgan fingerprint density at radius 1 is 1.42 bits per heavy atom. The van der Waals surface area contributed by atoms with Gasteiger partial charge in [0.15, 0.2) is 6.61 Å². The maximum atomic E-state index is 5.15. The summed E-state index contributed by atoms with van der Waals surface area (Å²) >= 11 is 0. The van der Waals surface area contributed by atoms with Crippen LogP contribution in [0.3, 0.4) is 0 Å². The lowest BCUT2D eigenvalue weighted by molar-refractivity contribution is 0.350. The first-order valence-corrected chi connectivity index (χ1v) is 3.65. The third kappa shape index (κ3) is 2.59. The molecule has 12 heavy (non-hydrogen) atoms. The molecule has 0 bridgehead atoms. The Bertz CT molecular complexity index is 295. The SMILES string of the molecule is CC#CCOc1ccc(C)nn1. The van der Waals surface area contributed by atoms with Crippen LogP contribution in [0.25, 0.3) is 0 Å². The largest absolute Gasteiger partial charge is 0.463 e. The molecule has 0 radical (unpaired) electrons. The topological polar surface area (TPSA) is 35.0 Å². The van der Waals surface area contributed by atoms with Crippen LogP contribution in [0.4, 0.5) is 0 Å². The molecule has 0 aromatic carbocycles. The van der Waals surface area contributed by atoms with Crippen LogP contribution < -0.4 is 4.74 Å². The lowest BCUT2D eigenvalue weighted by Gasteiger charge is -1.98. The van der Waals surface area contributed by atoms with Crippen molar-refractivity contribution in [3.8, 4) is 17.7 Å². The average Bonchev–Trinajstić information content (AvgIpc) is 2.09. The van der Waals surface area contributed by atoms with E-state index in [4.69, 9.17) is 4.74 Å². The summed E-state index contributed by atoms with van der Waals surface area (Å²) in [6, 6.07) is 3.63. The second-order valence-electron chi connectivity index (χ2n) is 2.23. The molecule has 1 aromatic heterocycles. The van der Waals surface area contributed by atoms with E-state index in [1.165, 1.54) is 0 Å². The summed E-state index contributed by atoms with van der Waals surface area (Å²) in [5.41, 5.74) is 0.879. The molecule has 62 valence electrons. The van der Waals surface area contributed by atoms with Gasteiger partial charge in [0.2, 0.25) is 5.88 Å². The molecule has 1 aromatic rings. The van der Waals surface area contributed by atoms with E-state index in [0.717, 1.165) is 5.69 Å². The zero-order valence-corrected chi connectivity index (χ0v) is 7.16. The van der Waals surface area contributed by atoms with Gasteiger partial charge in [-0.05, 0) is 19.9 Å². The van der Waals surface area contributed by atoms with Crippen LogP contribution in [0.1, 0.15) is 12.6 Å². The number of rotatable bonds is 2. The lowest BCUT2D eigenvalue weighted by Crippen LogP contribution is -1.97. The van der Waals surface area contributed by atoms with Crippen molar-refractivity contribution in [3.63, 3.8) is 0 Å². The summed E-state index contributed by atoms with van der Waals surface area (Å²) in [5.74, 6) is 6.01. The highest BCUT2D eigenvalue weighted by atomic mass is 16.5. The quantitative estimate of drug-likeness (QED) is 0.612. The second kappa shape index (κ2) is 4.35. The maximum absolute atomic E-state index is 5.15. The van der Waals surface area contributed by atoms with Crippen LogP contribution in [-0.2, 0) is 0 Å². The van der Waals surface area contributed by atoms with Gasteiger partial charge < -0.3 is 4.74 Å². The standard InChI is InChI=1S/C9H10N2O/c1-3-4-7-12-9-6-5-8(2)10-11-9/h5-6H,7H2,1-2H3. The number of hydrogen-bond acceptors (Lipinski definition) is 3. The predicted molar refractivity (Wildman–Crippen MR) is 45.7 cm³/mol. The first-order valence-electron chi connectivity index (χ1n) is 3.65. The highest BCUT2D eigenvalue weighted by Crippen LogP contribution is 2.02. The second-order valence-corrected chi connectivity index (χ2v) is 2.23. The minimum atomic E-state index is 0.369. The molecule has 0 unspecified atom stereocenters. The van der Waals surface area contributed by atoms with Gasteiger partial charge in [0.05, 0.1) is 5.69 Å². The predicted octanol–water partition coefficient (Wildman–Crippen LogP) is 1.19. The molecule has 0 fully saturated rings. The minimum absolute atomic E-state index is 0.369. The van der Waals surface area contributed by atoms with Crippen molar-refractivity contribution in [2.24, 2.45) is 0 Å². The molecule has 1 rings (SSSR count). The Labute approximate surface area is 71.8 Å². The first-order chi connectivity index (χ1) is 5.83. The molecular formula is C9H10N2O. The first kappa shape index (κ1) is 8.54. The van der Waals surface area contributed by atoms with Crippen LogP contribution >= 0.6 is 0 Å². The lowest BCUT2D eigenvalue weighted by atomic mass is 10.4. The normalized spacial score (nSPS) is 8.50. The van der Waals surface area contributed by atoms with Gasteiger partial charge in [-0.3, -0.25) is 0 Å². The van der Waals surface area contributed by atoms with E-state index in [2.05, 4.69) is 22.0 Å². The maximum Gasteiger partial charge on any atom is 0.234 e. The smallest absolute Gasteiger partial charge is 0.234 e. The van der Waals surface area contributed by atoms with Gasteiger partial charge in [0.25, 0.3) is 0 Å². The summed E-state index contributed by atoms with van der Waals surface area (Å²) in [5, 5.41) is 7.64. The Morgan fingerprint density at radius 3 is 2.83 bits per heavy atom. The van der Waals surface area contributed by atoms with Gasteiger partial charge in [-0.25, -0.2) is 0 Å². The van der Waals surface area contributed by atoms with E-state index in [0.29, 0.717) is 12.5 Å². The van der Waals surface area contributed by atoms with E-state index in [-0.39, 0.29) is 0 Å². The zero-order valence-electron chi connectivity index (χ0n) is 7.16. The van der Waals surface area contributed by atoms with Crippen molar-refractivity contribution in [1.29, 1.82) is 0 Å². The van der Waals surface area contributed by atoms with Gasteiger partial charge in [0, 0.05) is 6.07 Å². The summed E-state index contributed by atoms with van der Waals surface area (Å²) in [6.07, 6.45) is 0. The highest BCUT2D eigenvalue weighted by molar-refractivity contribution is 5.11. The van der Waals surface area contributed by atoms with E-state index in [1.807, 2.05) is 13.0 Å². The summed E-state index contributed by atoms with van der Waals surface area (Å²) in [4.78, 5) is 0. The van der Waals surface area contributed by atoms with Crippen molar-refractivity contribution in [1.82, 2.24) is 10.2 Å². The molecule has 3 heteroatoms. The van der Waals surface area contributed by atoms with Gasteiger partial charge in [-0.1, -0.05) is 5.92 Å². The van der Waals surface area contributed by atoms with Gasteiger partial charge in [-0.2, -0.15) is 5.10 Å². The molecule has 1 heterocycles. The summed E-state index contributed by atoms with van der Waals surface area (Å²) in [6.45, 7) is 4.01. The Hall–Kier alpha value is -1.56. The fraction of sp³-hybridized carbons (Fsp3) is 0.333. The fourth-order valence-corrected chi connectivity index (χ4v) is 0.646. The molecule has 0 spiro atoms. The summed E-state index contributed by atoms with van der Waals surface area (Å²) < 4.78 is 5.15.